The Morgan fingerprint density at radius 2 is 1.97 bits per heavy atom. The number of benzene rings is 1. The van der Waals surface area contributed by atoms with Gasteiger partial charge in [0.15, 0.2) is 4.91 Å². The topological polar surface area (TPSA) is 110 Å². The fourth-order valence-electron chi connectivity index (χ4n) is 3.21. The smallest absolute Gasteiger partial charge is 0.239 e. The predicted molar refractivity (Wildman–Crippen MR) is 117 cm³/mol. The minimum absolute atomic E-state index is 0.00614. The summed E-state index contributed by atoms with van der Waals surface area (Å²) in [5, 5.41) is 29.7. The van der Waals surface area contributed by atoms with E-state index in [2.05, 4.69) is 0 Å². The number of carbonyl (C=O) groups excluding carboxylic acids is 1. The molecular formula is C23H30O6S. The molecule has 1 aromatic rings. The van der Waals surface area contributed by atoms with Crippen molar-refractivity contribution in [1.82, 2.24) is 0 Å². The Morgan fingerprint density at radius 3 is 2.63 bits per heavy atom. The molecule has 0 spiro atoms. The van der Waals surface area contributed by atoms with Crippen molar-refractivity contribution in [3.05, 3.63) is 65.1 Å². The molecule has 3 atom stereocenters. The second kappa shape index (κ2) is 12.1. The number of hydrogen-bond donors (Lipinski definition) is 3. The summed E-state index contributed by atoms with van der Waals surface area (Å²) in [6, 6.07) is 9.44. The molecule has 0 saturated heterocycles. The van der Waals surface area contributed by atoms with Crippen LogP contribution < -0.4 is 4.74 Å². The molecule has 1 aliphatic carbocycles. The van der Waals surface area contributed by atoms with Gasteiger partial charge in [-0.05, 0) is 55.4 Å². The van der Waals surface area contributed by atoms with Crippen molar-refractivity contribution in [2.45, 2.75) is 43.8 Å². The Kier molecular flexibility index (Phi) is 9.81. The summed E-state index contributed by atoms with van der Waals surface area (Å²) in [5.41, 5.74) is -1.34. The Bertz CT molecular complexity index is 771. The number of para-hydroxylation sites is 1. The molecule has 7 heteroatoms. The van der Waals surface area contributed by atoms with Crippen LogP contribution in [0.1, 0.15) is 32.1 Å². The fraction of sp³-hybridized carbons (Fsp3) is 0.435. The zero-order valence-corrected chi connectivity index (χ0v) is 18.0. The van der Waals surface area contributed by atoms with Gasteiger partial charge in [-0.15, -0.1) is 0 Å². The number of ketones is 1. The molecule has 0 saturated carbocycles. The Hall–Kier alpha value is -1.90. The van der Waals surface area contributed by atoms with Crippen molar-refractivity contribution in [3.63, 3.8) is 0 Å². The second-order valence-electron chi connectivity index (χ2n) is 7.23. The molecule has 30 heavy (non-hydrogen) atoms. The van der Waals surface area contributed by atoms with Crippen LogP contribution in [0.3, 0.4) is 0 Å². The van der Waals surface area contributed by atoms with E-state index < -0.39 is 28.7 Å². The van der Waals surface area contributed by atoms with Crippen molar-refractivity contribution in [1.29, 1.82) is 0 Å². The minimum Gasteiger partial charge on any atom is -0.612 e. The number of allylic oxidation sites excluding steroid dienone is 3. The van der Waals surface area contributed by atoms with Crippen LogP contribution in [0.25, 0.3) is 0 Å². The highest BCUT2D eigenvalue weighted by atomic mass is 32.2. The van der Waals surface area contributed by atoms with E-state index in [-0.39, 0.29) is 17.1 Å². The van der Waals surface area contributed by atoms with Crippen LogP contribution in [0.2, 0.25) is 0 Å². The average molecular weight is 435 g/mol. The first-order chi connectivity index (χ1) is 14.4. The number of aliphatic hydroxyl groups is 3. The van der Waals surface area contributed by atoms with Gasteiger partial charge in [-0.25, -0.2) is 0 Å². The van der Waals surface area contributed by atoms with E-state index in [4.69, 9.17) is 9.84 Å². The van der Waals surface area contributed by atoms with Gasteiger partial charge in [-0.1, -0.05) is 36.4 Å². The number of Topliss-reactive ketones (excluding diaryl/α,β-unsaturated/α-hetero) is 1. The Balaban J connectivity index is 1.99. The molecule has 0 fully saturated rings. The summed E-state index contributed by atoms with van der Waals surface area (Å²) < 4.78 is 17.6. The summed E-state index contributed by atoms with van der Waals surface area (Å²) in [6.45, 7) is 0.480. The number of carbonyl (C=O) groups is 1. The summed E-state index contributed by atoms with van der Waals surface area (Å²) in [6.07, 6.45) is 9.02. The molecule has 1 aromatic carbocycles. The van der Waals surface area contributed by atoms with Crippen molar-refractivity contribution >= 4 is 17.0 Å². The first kappa shape index (κ1) is 24.4. The normalized spacial score (nSPS) is 22.5. The average Bonchev–Trinajstić information content (AvgIpc) is 2.98. The standard InChI is InChI=1S/C23H30O6S/c1-30(28)21-17-23(27,14-5-6-16-29-19-11-3-2-4-12-19)20(22(21)26)13-7-9-18(25)10-8-15-24/h2-4,7,9,11-13,17-18,24-25,27H,5-6,8,10,14-16H2,1H3/b9-7+,20-13?. The third-order valence-electron chi connectivity index (χ3n) is 4.83. The van der Waals surface area contributed by atoms with Gasteiger partial charge in [0, 0.05) is 18.3 Å². The molecule has 3 N–H and O–H groups in total. The minimum atomic E-state index is -1.51. The van der Waals surface area contributed by atoms with Crippen molar-refractivity contribution in [2.24, 2.45) is 0 Å². The van der Waals surface area contributed by atoms with Gasteiger partial charge in [-0.2, -0.15) is 0 Å². The highest BCUT2D eigenvalue weighted by Gasteiger charge is 2.45. The highest BCUT2D eigenvalue weighted by molar-refractivity contribution is 7.95. The number of hydrogen-bond acceptors (Lipinski definition) is 6. The number of rotatable bonds is 12. The maximum absolute atomic E-state index is 12.6. The van der Waals surface area contributed by atoms with Gasteiger partial charge >= 0.3 is 0 Å². The van der Waals surface area contributed by atoms with E-state index >= 15 is 0 Å². The third-order valence-corrected chi connectivity index (χ3v) is 5.76. The molecule has 0 bridgehead atoms. The maximum Gasteiger partial charge on any atom is 0.239 e. The molecule has 2 rings (SSSR count). The Morgan fingerprint density at radius 1 is 1.23 bits per heavy atom. The lowest BCUT2D eigenvalue weighted by Gasteiger charge is -2.21. The third kappa shape index (κ3) is 7.11. The van der Waals surface area contributed by atoms with E-state index in [1.54, 1.807) is 0 Å². The van der Waals surface area contributed by atoms with E-state index in [1.807, 2.05) is 30.3 Å². The maximum atomic E-state index is 12.6. The van der Waals surface area contributed by atoms with Crippen molar-refractivity contribution < 1.29 is 29.4 Å². The zero-order chi connectivity index (χ0) is 22.0. The van der Waals surface area contributed by atoms with Crippen LogP contribution in [0, 0.1) is 0 Å². The van der Waals surface area contributed by atoms with E-state index in [9.17, 15) is 19.6 Å². The summed E-state index contributed by atoms with van der Waals surface area (Å²) >= 11 is -1.51. The largest absolute Gasteiger partial charge is 0.612 e. The van der Waals surface area contributed by atoms with E-state index in [0.717, 1.165) is 5.75 Å². The SMILES string of the molecule is C[S+]([O-])C1=CC(O)(CCCCOc2ccccc2)C(=C/C=C/C(O)CCCO)C1=O. The van der Waals surface area contributed by atoms with E-state index in [1.165, 1.54) is 30.6 Å². The van der Waals surface area contributed by atoms with Crippen LogP contribution in [0.5, 0.6) is 5.75 Å². The molecule has 164 valence electrons. The van der Waals surface area contributed by atoms with Crippen LogP contribution >= 0.6 is 0 Å². The van der Waals surface area contributed by atoms with Gasteiger partial charge in [0.2, 0.25) is 5.78 Å². The van der Waals surface area contributed by atoms with Crippen LogP contribution in [-0.2, 0) is 16.0 Å². The number of unbranched alkanes of at least 4 members (excludes halogenated alkanes) is 1. The molecule has 0 aliphatic heterocycles. The summed E-state index contributed by atoms with van der Waals surface area (Å²) in [5.74, 6) is 0.342. The molecule has 6 nitrogen and oxygen atoms in total. The number of aliphatic hydroxyl groups excluding tert-OH is 2. The second-order valence-corrected chi connectivity index (χ2v) is 8.58. The molecule has 0 heterocycles. The van der Waals surface area contributed by atoms with E-state index in [0.29, 0.717) is 38.7 Å². The van der Waals surface area contributed by atoms with Gasteiger partial charge in [0.25, 0.3) is 0 Å². The lowest BCUT2D eigenvalue weighted by Crippen LogP contribution is -2.28. The lowest BCUT2D eigenvalue weighted by atomic mass is 9.90. The fourth-order valence-corrected chi connectivity index (χ4v) is 3.94. The zero-order valence-electron chi connectivity index (χ0n) is 17.2. The number of ether oxygens (including phenoxy) is 1. The monoisotopic (exact) mass is 434 g/mol. The van der Waals surface area contributed by atoms with Crippen LogP contribution in [0.15, 0.2) is 65.1 Å². The molecule has 0 radical (unpaired) electrons. The molecule has 0 aromatic heterocycles. The highest BCUT2D eigenvalue weighted by Crippen LogP contribution is 2.37. The lowest BCUT2D eigenvalue weighted by molar-refractivity contribution is -0.112. The Labute approximate surface area is 180 Å². The first-order valence-corrected chi connectivity index (χ1v) is 11.6. The molecule has 0 amide bonds. The molecule has 3 unspecified atom stereocenters. The first-order valence-electron chi connectivity index (χ1n) is 10.1. The quantitative estimate of drug-likeness (QED) is 0.265. The molecular weight excluding hydrogens is 404 g/mol. The van der Waals surface area contributed by atoms with Crippen molar-refractivity contribution in [3.8, 4) is 5.75 Å². The van der Waals surface area contributed by atoms with Gasteiger partial charge in [-0.3, -0.25) is 4.79 Å². The van der Waals surface area contributed by atoms with Gasteiger partial charge < -0.3 is 24.6 Å². The van der Waals surface area contributed by atoms with Crippen molar-refractivity contribution in [2.75, 3.05) is 19.5 Å². The van der Waals surface area contributed by atoms with Gasteiger partial charge in [0.1, 0.15) is 17.6 Å². The van der Waals surface area contributed by atoms with Gasteiger partial charge in [0.05, 0.1) is 12.7 Å². The summed E-state index contributed by atoms with van der Waals surface area (Å²) in [7, 11) is 0. The molecule has 1 aliphatic rings. The predicted octanol–water partition coefficient (Wildman–Crippen LogP) is 2.43. The van der Waals surface area contributed by atoms with Crippen LogP contribution in [-0.4, -0.2) is 56.8 Å². The summed E-state index contributed by atoms with van der Waals surface area (Å²) in [4.78, 5) is 12.7. The van der Waals surface area contributed by atoms with Crippen LogP contribution in [0.4, 0.5) is 0 Å².